The zero-order valence-electron chi connectivity index (χ0n) is 11.2. The van der Waals surface area contributed by atoms with E-state index < -0.39 is 0 Å². The van der Waals surface area contributed by atoms with Crippen LogP contribution in [-0.2, 0) is 4.79 Å². The van der Waals surface area contributed by atoms with Crippen LogP contribution in [-0.4, -0.2) is 54.8 Å². The molecular formula is C14H19FN2O3. The zero-order chi connectivity index (χ0) is 14.4. The number of carbonyl (C=O) groups excluding carboxylic acids is 1. The highest BCUT2D eigenvalue weighted by molar-refractivity contribution is 5.78. The number of aliphatic hydroxyl groups is 1. The number of likely N-dealkylation sites (tertiary alicyclic amines) is 1. The average Bonchev–Trinajstić information content (AvgIpc) is 2.80. The van der Waals surface area contributed by atoms with Crippen molar-refractivity contribution in [2.45, 2.75) is 12.5 Å². The van der Waals surface area contributed by atoms with Gasteiger partial charge in [0.1, 0.15) is 18.2 Å². The molecule has 1 aromatic carbocycles. The summed E-state index contributed by atoms with van der Waals surface area (Å²) in [6.45, 7) is 2.24. The van der Waals surface area contributed by atoms with Crippen LogP contribution in [0.5, 0.6) is 5.75 Å². The Morgan fingerprint density at radius 2 is 2.40 bits per heavy atom. The Morgan fingerprint density at radius 1 is 1.55 bits per heavy atom. The maximum Gasteiger partial charge on any atom is 0.234 e. The number of rotatable bonds is 6. The SMILES string of the molecule is O=C(CN1CC[C@H](O)C1)NCCOc1cccc(F)c1. The smallest absolute Gasteiger partial charge is 0.234 e. The zero-order valence-corrected chi connectivity index (χ0v) is 11.2. The molecule has 20 heavy (non-hydrogen) atoms. The number of amides is 1. The molecule has 5 nitrogen and oxygen atoms in total. The fourth-order valence-corrected chi connectivity index (χ4v) is 2.13. The van der Waals surface area contributed by atoms with E-state index in [-0.39, 0.29) is 31.0 Å². The highest BCUT2D eigenvalue weighted by atomic mass is 19.1. The van der Waals surface area contributed by atoms with E-state index in [1.807, 2.05) is 4.90 Å². The third-order valence-electron chi connectivity index (χ3n) is 3.10. The molecular weight excluding hydrogens is 263 g/mol. The van der Waals surface area contributed by atoms with Crippen LogP contribution in [0.4, 0.5) is 4.39 Å². The number of carbonyl (C=O) groups is 1. The molecule has 0 aromatic heterocycles. The quantitative estimate of drug-likeness (QED) is 0.741. The molecule has 1 aliphatic rings. The van der Waals surface area contributed by atoms with Crippen molar-refractivity contribution in [1.82, 2.24) is 10.2 Å². The molecule has 1 atom stereocenters. The molecule has 110 valence electrons. The van der Waals surface area contributed by atoms with Gasteiger partial charge in [0.2, 0.25) is 5.91 Å². The van der Waals surface area contributed by atoms with Crippen LogP contribution in [0.2, 0.25) is 0 Å². The van der Waals surface area contributed by atoms with Gasteiger partial charge in [0.05, 0.1) is 19.2 Å². The van der Waals surface area contributed by atoms with Crippen LogP contribution < -0.4 is 10.1 Å². The van der Waals surface area contributed by atoms with E-state index in [1.165, 1.54) is 12.1 Å². The monoisotopic (exact) mass is 282 g/mol. The summed E-state index contributed by atoms with van der Waals surface area (Å²) in [5.41, 5.74) is 0. The minimum Gasteiger partial charge on any atom is -0.492 e. The van der Waals surface area contributed by atoms with Gasteiger partial charge in [-0.15, -0.1) is 0 Å². The molecule has 1 heterocycles. The first-order chi connectivity index (χ1) is 9.63. The normalized spacial score (nSPS) is 19.0. The molecule has 2 N–H and O–H groups in total. The van der Waals surface area contributed by atoms with E-state index in [9.17, 15) is 14.3 Å². The number of β-amino-alcohol motifs (C(OH)–C–C–N with tert-alkyl or cyclic N) is 1. The van der Waals surface area contributed by atoms with Gasteiger partial charge in [0.15, 0.2) is 0 Å². The lowest BCUT2D eigenvalue weighted by Crippen LogP contribution is -2.38. The minimum absolute atomic E-state index is 0.0954. The van der Waals surface area contributed by atoms with Crippen molar-refractivity contribution in [2.75, 3.05) is 32.8 Å². The summed E-state index contributed by atoms with van der Waals surface area (Å²) >= 11 is 0. The fourth-order valence-electron chi connectivity index (χ4n) is 2.13. The highest BCUT2D eigenvalue weighted by Gasteiger charge is 2.21. The van der Waals surface area contributed by atoms with Crippen molar-refractivity contribution in [3.8, 4) is 5.75 Å². The van der Waals surface area contributed by atoms with E-state index in [0.29, 0.717) is 18.8 Å². The standard InChI is InChI=1S/C14H19FN2O3/c15-11-2-1-3-13(8-11)20-7-5-16-14(19)10-17-6-4-12(18)9-17/h1-3,8,12,18H,4-7,9-10H2,(H,16,19)/t12-/m0/s1. The number of ether oxygens (including phenoxy) is 1. The van der Waals surface area contributed by atoms with E-state index in [1.54, 1.807) is 12.1 Å². The number of hydrogen-bond acceptors (Lipinski definition) is 4. The van der Waals surface area contributed by atoms with Gasteiger partial charge in [-0.1, -0.05) is 6.07 Å². The maximum absolute atomic E-state index is 12.9. The first-order valence-corrected chi connectivity index (χ1v) is 6.69. The summed E-state index contributed by atoms with van der Waals surface area (Å²) in [5.74, 6) is 0.00276. The van der Waals surface area contributed by atoms with Gasteiger partial charge >= 0.3 is 0 Å². The molecule has 0 unspecified atom stereocenters. The molecule has 0 bridgehead atoms. The fraction of sp³-hybridized carbons (Fsp3) is 0.500. The highest BCUT2D eigenvalue weighted by Crippen LogP contribution is 2.11. The number of benzene rings is 1. The largest absolute Gasteiger partial charge is 0.492 e. The third kappa shape index (κ3) is 4.79. The van der Waals surface area contributed by atoms with E-state index >= 15 is 0 Å². The average molecular weight is 282 g/mol. The summed E-state index contributed by atoms with van der Waals surface area (Å²) in [4.78, 5) is 13.5. The number of nitrogens with zero attached hydrogens (tertiary/aromatic N) is 1. The Hall–Kier alpha value is -1.66. The van der Waals surface area contributed by atoms with Crippen LogP contribution in [0.3, 0.4) is 0 Å². The Morgan fingerprint density at radius 3 is 3.10 bits per heavy atom. The summed E-state index contributed by atoms with van der Waals surface area (Å²) in [6.07, 6.45) is 0.398. The van der Waals surface area contributed by atoms with Crippen LogP contribution in [0.25, 0.3) is 0 Å². The Labute approximate surface area is 117 Å². The van der Waals surface area contributed by atoms with Crippen molar-refractivity contribution < 1.29 is 19.0 Å². The van der Waals surface area contributed by atoms with Crippen LogP contribution in [0, 0.1) is 5.82 Å². The molecule has 6 heteroatoms. The molecule has 1 amide bonds. The van der Waals surface area contributed by atoms with Gasteiger partial charge in [-0.05, 0) is 18.6 Å². The van der Waals surface area contributed by atoms with Gasteiger partial charge in [-0.2, -0.15) is 0 Å². The maximum atomic E-state index is 12.9. The predicted molar refractivity (Wildman–Crippen MR) is 72.0 cm³/mol. The second kappa shape index (κ2) is 7.21. The second-order valence-corrected chi connectivity index (χ2v) is 4.83. The number of hydrogen-bond donors (Lipinski definition) is 2. The molecule has 1 saturated heterocycles. The Bertz CT molecular complexity index is 456. The van der Waals surface area contributed by atoms with Crippen LogP contribution in [0.15, 0.2) is 24.3 Å². The third-order valence-corrected chi connectivity index (χ3v) is 3.10. The molecule has 0 spiro atoms. The summed E-state index contributed by atoms with van der Waals surface area (Å²) in [6, 6.07) is 5.88. The molecule has 1 aromatic rings. The summed E-state index contributed by atoms with van der Waals surface area (Å²) < 4.78 is 18.2. The first kappa shape index (κ1) is 14.7. The van der Waals surface area contributed by atoms with Gasteiger partial charge in [0, 0.05) is 19.2 Å². The molecule has 1 fully saturated rings. The van der Waals surface area contributed by atoms with Gasteiger partial charge < -0.3 is 15.2 Å². The number of halogens is 1. The summed E-state index contributed by atoms with van der Waals surface area (Å²) in [7, 11) is 0. The lowest BCUT2D eigenvalue weighted by atomic mass is 10.3. The minimum atomic E-state index is -0.348. The number of nitrogens with one attached hydrogen (secondary N) is 1. The van der Waals surface area contributed by atoms with Crippen molar-refractivity contribution in [1.29, 1.82) is 0 Å². The van der Waals surface area contributed by atoms with Crippen LogP contribution in [0.1, 0.15) is 6.42 Å². The molecule has 0 aliphatic carbocycles. The van der Waals surface area contributed by atoms with Crippen molar-refractivity contribution >= 4 is 5.91 Å². The van der Waals surface area contributed by atoms with Crippen molar-refractivity contribution in [3.05, 3.63) is 30.1 Å². The van der Waals surface area contributed by atoms with Gasteiger partial charge in [-0.3, -0.25) is 9.69 Å². The second-order valence-electron chi connectivity index (χ2n) is 4.83. The van der Waals surface area contributed by atoms with Crippen molar-refractivity contribution in [2.24, 2.45) is 0 Å². The molecule has 0 radical (unpaired) electrons. The number of aliphatic hydroxyl groups excluding tert-OH is 1. The predicted octanol–water partition coefficient (Wildman–Crippen LogP) is 0.387. The van der Waals surface area contributed by atoms with E-state index in [4.69, 9.17) is 4.74 Å². The Kier molecular flexibility index (Phi) is 5.31. The molecule has 1 aliphatic heterocycles. The lowest BCUT2D eigenvalue weighted by Gasteiger charge is -2.14. The van der Waals surface area contributed by atoms with E-state index in [0.717, 1.165) is 13.0 Å². The molecule has 2 rings (SSSR count). The lowest BCUT2D eigenvalue weighted by molar-refractivity contribution is -0.122. The van der Waals surface area contributed by atoms with E-state index in [2.05, 4.69) is 5.32 Å². The topological polar surface area (TPSA) is 61.8 Å². The van der Waals surface area contributed by atoms with Crippen molar-refractivity contribution in [3.63, 3.8) is 0 Å². The Balaban J connectivity index is 1.60. The molecule has 0 saturated carbocycles. The summed E-state index contributed by atoms with van der Waals surface area (Å²) in [5, 5.41) is 12.1. The van der Waals surface area contributed by atoms with Gasteiger partial charge in [0.25, 0.3) is 0 Å². The first-order valence-electron chi connectivity index (χ1n) is 6.69. The van der Waals surface area contributed by atoms with Crippen LogP contribution >= 0.6 is 0 Å². The van der Waals surface area contributed by atoms with Gasteiger partial charge in [-0.25, -0.2) is 4.39 Å².